The van der Waals surface area contributed by atoms with Gasteiger partial charge in [0, 0.05) is 18.2 Å². The fourth-order valence-corrected chi connectivity index (χ4v) is 3.21. The number of anilines is 1. The van der Waals surface area contributed by atoms with Gasteiger partial charge in [0.1, 0.15) is 10.7 Å². The number of carbonyl (C=O) groups is 1. The van der Waals surface area contributed by atoms with Gasteiger partial charge < -0.3 is 9.50 Å². The Labute approximate surface area is 131 Å². The summed E-state index contributed by atoms with van der Waals surface area (Å²) >= 11 is 0. The molecule has 1 N–H and O–H groups in total. The molecule has 5 nitrogen and oxygen atoms in total. The van der Waals surface area contributed by atoms with Gasteiger partial charge in [-0.1, -0.05) is 0 Å². The molecule has 3 rings (SSSR count). The molecule has 2 aromatic carbocycles. The van der Waals surface area contributed by atoms with Crippen molar-refractivity contribution in [1.29, 1.82) is 0 Å². The molecule has 0 aliphatic carbocycles. The average Bonchev–Trinajstić information content (AvgIpc) is 2.49. The first-order chi connectivity index (χ1) is 10.8. The van der Waals surface area contributed by atoms with E-state index in [1.54, 1.807) is 0 Å². The quantitative estimate of drug-likeness (QED) is 0.873. The third-order valence-electron chi connectivity index (χ3n) is 3.35. The second-order valence-electron chi connectivity index (χ2n) is 4.98. The molecule has 8 heteroatoms. The number of nitrogens with one attached hydrogen (secondary N) is 1. The number of hydrogen-bond donors (Lipinski definition) is 1. The van der Waals surface area contributed by atoms with E-state index in [1.807, 2.05) is 0 Å². The number of amides is 1. The minimum atomic E-state index is -4.27. The van der Waals surface area contributed by atoms with Crippen LogP contribution in [0.4, 0.5) is 14.5 Å². The summed E-state index contributed by atoms with van der Waals surface area (Å²) in [5.74, 6) is -2.68. The van der Waals surface area contributed by atoms with Crippen LogP contribution < -0.4 is 9.50 Å². The lowest BCUT2D eigenvalue weighted by Gasteiger charge is -2.17. The van der Waals surface area contributed by atoms with E-state index in [0.29, 0.717) is 23.7 Å². The Morgan fingerprint density at radius 3 is 2.57 bits per heavy atom. The molecule has 1 aliphatic rings. The molecular formula is C15H11F2NO4S. The van der Waals surface area contributed by atoms with Crippen LogP contribution in [0, 0.1) is 11.6 Å². The lowest BCUT2D eigenvalue weighted by molar-refractivity contribution is -0.116. The van der Waals surface area contributed by atoms with Crippen LogP contribution >= 0.6 is 0 Å². The monoisotopic (exact) mass is 339 g/mol. The van der Waals surface area contributed by atoms with Crippen molar-refractivity contribution in [3.63, 3.8) is 0 Å². The van der Waals surface area contributed by atoms with E-state index in [1.165, 1.54) is 18.2 Å². The van der Waals surface area contributed by atoms with Crippen LogP contribution in [0.3, 0.4) is 0 Å². The number of carbonyl (C=O) groups excluding carboxylic acids is 1. The number of halogens is 2. The Bertz CT molecular complexity index is 896. The Kier molecular flexibility index (Phi) is 3.77. The van der Waals surface area contributed by atoms with Gasteiger partial charge in [-0.05, 0) is 42.3 Å². The highest BCUT2D eigenvalue weighted by atomic mass is 32.2. The van der Waals surface area contributed by atoms with Gasteiger partial charge in [0.05, 0.1) is 0 Å². The predicted molar refractivity (Wildman–Crippen MR) is 77.6 cm³/mol. The molecule has 1 aliphatic heterocycles. The van der Waals surface area contributed by atoms with Crippen molar-refractivity contribution in [2.45, 2.75) is 17.7 Å². The lowest BCUT2D eigenvalue weighted by Crippen LogP contribution is -2.19. The maximum atomic E-state index is 13.5. The summed E-state index contributed by atoms with van der Waals surface area (Å²) in [6.45, 7) is 0. The molecule has 0 atom stereocenters. The largest absolute Gasteiger partial charge is 0.376 e. The Morgan fingerprint density at radius 2 is 1.83 bits per heavy atom. The first kappa shape index (κ1) is 15.4. The van der Waals surface area contributed by atoms with Crippen molar-refractivity contribution in [2.75, 3.05) is 5.32 Å². The number of aryl methyl sites for hydroxylation is 1. The number of rotatable bonds is 3. The lowest BCUT2D eigenvalue weighted by atomic mass is 10.0. The summed E-state index contributed by atoms with van der Waals surface area (Å²) in [5.41, 5.74) is 1.18. The smallest absolute Gasteiger partial charge is 0.339 e. The van der Waals surface area contributed by atoms with Gasteiger partial charge >= 0.3 is 10.1 Å². The summed E-state index contributed by atoms with van der Waals surface area (Å²) in [4.78, 5) is 11.1. The van der Waals surface area contributed by atoms with Crippen LogP contribution in [0.5, 0.6) is 5.75 Å². The summed E-state index contributed by atoms with van der Waals surface area (Å²) < 4.78 is 55.5. The average molecular weight is 339 g/mol. The highest BCUT2D eigenvalue weighted by molar-refractivity contribution is 7.87. The molecule has 0 saturated heterocycles. The molecule has 23 heavy (non-hydrogen) atoms. The SMILES string of the molecule is O=C1CCc2cc(S(=O)(=O)Oc3ccc(F)cc3F)ccc2N1. The van der Waals surface area contributed by atoms with E-state index < -0.39 is 27.5 Å². The molecule has 0 fully saturated rings. The van der Waals surface area contributed by atoms with E-state index >= 15 is 0 Å². The second-order valence-corrected chi connectivity index (χ2v) is 6.53. The van der Waals surface area contributed by atoms with Gasteiger partial charge in [0.15, 0.2) is 11.6 Å². The highest BCUT2D eigenvalue weighted by Gasteiger charge is 2.22. The van der Waals surface area contributed by atoms with Gasteiger partial charge in [-0.25, -0.2) is 8.78 Å². The Morgan fingerprint density at radius 1 is 1.04 bits per heavy atom. The third-order valence-corrected chi connectivity index (χ3v) is 4.58. The van der Waals surface area contributed by atoms with Gasteiger partial charge in [0.25, 0.3) is 0 Å². The zero-order chi connectivity index (χ0) is 16.6. The molecule has 0 aromatic heterocycles. The van der Waals surface area contributed by atoms with Gasteiger partial charge in [-0.3, -0.25) is 4.79 Å². The Balaban J connectivity index is 1.92. The molecule has 0 saturated carbocycles. The maximum absolute atomic E-state index is 13.5. The standard InChI is InChI=1S/C15H11F2NO4S/c16-10-2-5-14(12(17)8-10)22-23(20,21)11-3-4-13-9(7-11)1-6-15(19)18-13/h2-5,7-8H,1,6H2,(H,18,19). The van der Waals surface area contributed by atoms with Gasteiger partial charge in [-0.2, -0.15) is 8.42 Å². The third kappa shape index (κ3) is 3.16. The zero-order valence-electron chi connectivity index (χ0n) is 11.7. The minimum absolute atomic E-state index is 0.141. The van der Waals surface area contributed by atoms with E-state index in [4.69, 9.17) is 4.18 Å². The van der Waals surface area contributed by atoms with Crippen LogP contribution in [-0.2, 0) is 21.3 Å². The molecule has 120 valence electrons. The molecule has 0 unspecified atom stereocenters. The van der Waals surface area contributed by atoms with Crippen molar-refractivity contribution in [3.05, 3.63) is 53.6 Å². The first-order valence-corrected chi connectivity index (χ1v) is 8.08. The minimum Gasteiger partial charge on any atom is -0.376 e. The first-order valence-electron chi connectivity index (χ1n) is 6.67. The number of fused-ring (bicyclic) bond motifs is 1. The van der Waals surface area contributed by atoms with E-state index in [2.05, 4.69) is 5.32 Å². The van der Waals surface area contributed by atoms with E-state index in [0.717, 1.165) is 12.1 Å². The van der Waals surface area contributed by atoms with Crippen molar-refractivity contribution < 1.29 is 26.2 Å². The van der Waals surface area contributed by atoms with Crippen molar-refractivity contribution in [2.24, 2.45) is 0 Å². The summed E-state index contributed by atoms with van der Waals surface area (Å²) in [6, 6.07) is 6.40. The van der Waals surface area contributed by atoms with Crippen molar-refractivity contribution >= 4 is 21.7 Å². The van der Waals surface area contributed by atoms with Crippen LogP contribution in [-0.4, -0.2) is 14.3 Å². The molecule has 0 bridgehead atoms. The number of benzene rings is 2. The van der Waals surface area contributed by atoms with Gasteiger partial charge in [0.2, 0.25) is 5.91 Å². The fraction of sp³-hybridized carbons (Fsp3) is 0.133. The molecule has 1 heterocycles. The van der Waals surface area contributed by atoms with E-state index in [9.17, 15) is 22.0 Å². The molecule has 0 radical (unpaired) electrons. The summed E-state index contributed by atoms with van der Waals surface area (Å²) in [7, 11) is -4.27. The Hall–Kier alpha value is -2.48. The van der Waals surface area contributed by atoms with E-state index in [-0.39, 0.29) is 17.2 Å². The van der Waals surface area contributed by atoms with Gasteiger partial charge in [-0.15, -0.1) is 0 Å². The molecular weight excluding hydrogens is 328 g/mol. The van der Waals surface area contributed by atoms with Crippen LogP contribution in [0.1, 0.15) is 12.0 Å². The van der Waals surface area contributed by atoms with Crippen molar-refractivity contribution in [3.8, 4) is 5.75 Å². The highest BCUT2D eigenvalue weighted by Crippen LogP contribution is 2.28. The van der Waals surface area contributed by atoms with Crippen LogP contribution in [0.2, 0.25) is 0 Å². The predicted octanol–water partition coefficient (Wildman–Crippen LogP) is 2.62. The normalized spacial score (nSPS) is 14.1. The second kappa shape index (κ2) is 5.62. The molecule has 2 aromatic rings. The summed E-state index contributed by atoms with van der Waals surface area (Å²) in [6.07, 6.45) is 0.652. The topological polar surface area (TPSA) is 72.5 Å². The molecule has 1 amide bonds. The molecule has 0 spiro atoms. The maximum Gasteiger partial charge on any atom is 0.339 e. The fourth-order valence-electron chi connectivity index (χ4n) is 2.22. The number of hydrogen-bond acceptors (Lipinski definition) is 4. The van der Waals surface area contributed by atoms with Crippen molar-refractivity contribution in [1.82, 2.24) is 0 Å². The summed E-state index contributed by atoms with van der Waals surface area (Å²) in [5, 5.41) is 2.63. The van der Waals surface area contributed by atoms with Crippen LogP contribution in [0.25, 0.3) is 0 Å². The van der Waals surface area contributed by atoms with Crippen LogP contribution in [0.15, 0.2) is 41.3 Å². The zero-order valence-corrected chi connectivity index (χ0v) is 12.5.